The van der Waals surface area contributed by atoms with Gasteiger partial charge in [0.25, 0.3) is 0 Å². The fraction of sp³-hybridized carbons (Fsp3) is 0.0588. The van der Waals surface area contributed by atoms with Crippen molar-refractivity contribution in [3.63, 3.8) is 0 Å². The summed E-state index contributed by atoms with van der Waals surface area (Å²) in [6, 6.07) is 13.8. The first-order chi connectivity index (χ1) is 9.19. The van der Waals surface area contributed by atoms with Crippen LogP contribution in [-0.2, 0) is 0 Å². The summed E-state index contributed by atoms with van der Waals surface area (Å²) in [7, 11) is 0. The van der Waals surface area contributed by atoms with Crippen LogP contribution in [0, 0.1) is 6.92 Å². The van der Waals surface area contributed by atoms with Crippen molar-refractivity contribution in [2.24, 2.45) is 0 Å². The number of nitrogens with two attached hydrogens (primary N) is 1. The third-order valence-corrected chi connectivity index (χ3v) is 2.83. The smallest absolute Gasteiger partial charge is 0.129 e. The molecule has 19 heavy (non-hydrogen) atoms. The zero-order valence-corrected chi connectivity index (χ0v) is 11.0. The first-order valence-electron chi connectivity index (χ1n) is 6.11. The van der Waals surface area contributed by atoms with Crippen molar-refractivity contribution in [2.75, 3.05) is 5.73 Å². The number of aryl methyl sites for hydroxylation is 1. The molecule has 2 heteroatoms. The Morgan fingerprint density at radius 1 is 1.00 bits per heavy atom. The van der Waals surface area contributed by atoms with Gasteiger partial charge in [0.05, 0.1) is 6.26 Å². The van der Waals surface area contributed by atoms with Crippen LogP contribution in [0.3, 0.4) is 0 Å². The maximum absolute atomic E-state index is 5.65. The van der Waals surface area contributed by atoms with Gasteiger partial charge < -0.3 is 10.5 Å². The molecule has 2 rings (SSSR count). The Bertz CT molecular complexity index is 597. The van der Waals surface area contributed by atoms with Crippen LogP contribution in [0.4, 0.5) is 5.69 Å². The number of ether oxygens (including phenoxy) is 1. The molecule has 0 unspecified atom stereocenters. The molecule has 0 aliphatic rings. The molecule has 2 N–H and O–H groups in total. The molecule has 2 aromatic rings. The van der Waals surface area contributed by atoms with Crippen molar-refractivity contribution in [1.29, 1.82) is 0 Å². The fourth-order valence-corrected chi connectivity index (χ4v) is 1.74. The molecule has 2 aromatic carbocycles. The van der Waals surface area contributed by atoms with Gasteiger partial charge in [0.2, 0.25) is 0 Å². The summed E-state index contributed by atoms with van der Waals surface area (Å²) in [5, 5.41) is 0. The zero-order chi connectivity index (χ0) is 13.7. The van der Waals surface area contributed by atoms with Crippen molar-refractivity contribution >= 4 is 17.8 Å². The second kappa shape index (κ2) is 5.91. The van der Waals surface area contributed by atoms with Crippen molar-refractivity contribution in [1.82, 2.24) is 0 Å². The van der Waals surface area contributed by atoms with E-state index < -0.39 is 0 Å². The minimum atomic E-state index is 0.772. The molecule has 0 heterocycles. The minimum absolute atomic E-state index is 0.772. The van der Waals surface area contributed by atoms with Gasteiger partial charge in [-0.15, -0.1) is 0 Å². The quantitative estimate of drug-likeness (QED) is 0.500. The number of nitrogen functional groups attached to an aromatic ring is 1. The van der Waals surface area contributed by atoms with E-state index in [9.17, 15) is 0 Å². The molecule has 0 aromatic heterocycles. The van der Waals surface area contributed by atoms with Crippen LogP contribution in [0.15, 0.2) is 55.3 Å². The first-order valence-corrected chi connectivity index (χ1v) is 6.11. The lowest BCUT2D eigenvalue weighted by atomic mass is 10.1. The summed E-state index contributed by atoms with van der Waals surface area (Å²) in [4.78, 5) is 0. The van der Waals surface area contributed by atoms with Gasteiger partial charge in [-0.05, 0) is 41.8 Å². The lowest BCUT2D eigenvalue weighted by molar-refractivity contribution is 0.479. The number of benzene rings is 2. The largest absolute Gasteiger partial charge is 0.465 e. The predicted molar refractivity (Wildman–Crippen MR) is 81.8 cm³/mol. The zero-order valence-electron chi connectivity index (χ0n) is 11.0. The van der Waals surface area contributed by atoms with Gasteiger partial charge in [-0.3, -0.25) is 0 Å². The number of hydrogen-bond acceptors (Lipinski definition) is 2. The van der Waals surface area contributed by atoms with Crippen LogP contribution in [-0.4, -0.2) is 0 Å². The Balaban J connectivity index is 2.20. The van der Waals surface area contributed by atoms with Gasteiger partial charge in [0.15, 0.2) is 0 Å². The van der Waals surface area contributed by atoms with E-state index in [1.54, 1.807) is 0 Å². The van der Waals surface area contributed by atoms with Gasteiger partial charge in [-0.1, -0.05) is 43.0 Å². The molecule has 0 aliphatic heterocycles. The summed E-state index contributed by atoms with van der Waals surface area (Å²) in [6.07, 6.45) is 5.53. The van der Waals surface area contributed by atoms with Crippen LogP contribution in [0.5, 0.6) is 5.75 Å². The van der Waals surface area contributed by atoms with Crippen LogP contribution >= 0.6 is 0 Å². The van der Waals surface area contributed by atoms with E-state index in [-0.39, 0.29) is 0 Å². The average molecular weight is 251 g/mol. The molecule has 0 bridgehead atoms. The van der Waals surface area contributed by atoms with E-state index >= 15 is 0 Å². The Labute approximate surface area is 113 Å². The summed E-state index contributed by atoms with van der Waals surface area (Å²) in [5.74, 6) is 0.828. The summed E-state index contributed by atoms with van der Waals surface area (Å²) in [5.41, 5.74) is 9.71. The van der Waals surface area contributed by atoms with Gasteiger partial charge in [-0.25, -0.2) is 0 Å². The average Bonchev–Trinajstić information content (AvgIpc) is 2.42. The molecule has 0 aliphatic carbocycles. The monoisotopic (exact) mass is 251 g/mol. The number of rotatable bonds is 4. The summed E-state index contributed by atoms with van der Waals surface area (Å²) >= 11 is 0. The van der Waals surface area contributed by atoms with E-state index in [0.29, 0.717) is 0 Å². The lowest BCUT2D eigenvalue weighted by Crippen LogP contribution is -1.86. The van der Waals surface area contributed by atoms with Crippen LogP contribution < -0.4 is 10.5 Å². The Hall–Kier alpha value is -2.48. The highest BCUT2D eigenvalue weighted by Gasteiger charge is 1.98. The van der Waals surface area contributed by atoms with Crippen molar-refractivity contribution in [3.8, 4) is 5.75 Å². The fourth-order valence-electron chi connectivity index (χ4n) is 1.74. The molecule has 0 saturated heterocycles. The first kappa shape index (κ1) is 13.0. The number of anilines is 1. The van der Waals surface area contributed by atoms with E-state index in [1.165, 1.54) is 6.26 Å². The Kier molecular flexibility index (Phi) is 4.04. The Morgan fingerprint density at radius 3 is 2.32 bits per heavy atom. The molecule has 0 atom stereocenters. The highest BCUT2D eigenvalue weighted by Crippen LogP contribution is 2.21. The summed E-state index contributed by atoms with van der Waals surface area (Å²) < 4.78 is 5.36. The molecular weight excluding hydrogens is 234 g/mol. The molecular formula is C17H17NO. The van der Waals surface area contributed by atoms with Gasteiger partial charge >= 0.3 is 0 Å². The van der Waals surface area contributed by atoms with E-state index in [0.717, 1.165) is 28.1 Å². The third-order valence-electron chi connectivity index (χ3n) is 2.83. The third kappa shape index (κ3) is 3.49. The summed E-state index contributed by atoms with van der Waals surface area (Å²) in [6.45, 7) is 5.58. The van der Waals surface area contributed by atoms with Crippen LogP contribution in [0.1, 0.15) is 16.7 Å². The Morgan fingerprint density at radius 2 is 1.63 bits per heavy atom. The van der Waals surface area contributed by atoms with Crippen molar-refractivity contribution < 1.29 is 4.74 Å². The lowest BCUT2D eigenvalue weighted by Gasteiger charge is -2.05. The van der Waals surface area contributed by atoms with Gasteiger partial charge in [0.1, 0.15) is 5.75 Å². The van der Waals surface area contributed by atoms with Crippen molar-refractivity contribution in [2.45, 2.75) is 6.92 Å². The van der Waals surface area contributed by atoms with Crippen molar-refractivity contribution in [3.05, 3.63) is 72.0 Å². The van der Waals surface area contributed by atoms with Gasteiger partial charge in [-0.2, -0.15) is 0 Å². The molecule has 0 fully saturated rings. The predicted octanol–water partition coefficient (Wildman–Crippen LogP) is 4.27. The van der Waals surface area contributed by atoms with Crippen LogP contribution in [0.25, 0.3) is 12.2 Å². The molecule has 0 spiro atoms. The van der Waals surface area contributed by atoms with E-state index in [4.69, 9.17) is 10.5 Å². The normalized spacial score (nSPS) is 10.6. The molecule has 2 nitrogen and oxygen atoms in total. The standard InChI is InChI=1S/C17H17NO/c1-3-19-17-12-15(5-4-13(17)2)7-6-14-8-10-16(18)11-9-14/h3-12H,1,18H2,2H3/b7-6+. The van der Waals surface area contributed by atoms with Gasteiger partial charge in [0, 0.05) is 5.69 Å². The SMILES string of the molecule is C=COc1cc(/C=C/c2ccc(N)cc2)ccc1C. The van der Waals surface area contributed by atoms with E-state index in [2.05, 4.69) is 12.6 Å². The molecule has 96 valence electrons. The molecule has 0 saturated carbocycles. The molecule has 0 radical (unpaired) electrons. The highest BCUT2D eigenvalue weighted by molar-refractivity contribution is 5.71. The minimum Gasteiger partial charge on any atom is -0.465 e. The second-order valence-electron chi connectivity index (χ2n) is 4.31. The second-order valence-corrected chi connectivity index (χ2v) is 4.31. The highest BCUT2D eigenvalue weighted by atomic mass is 16.5. The van der Waals surface area contributed by atoms with E-state index in [1.807, 2.05) is 55.5 Å². The van der Waals surface area contributed by atoms with Crippen LogP contribution in [0.2, 0.25) is 0 Å². The number of hydrogen-bond donors (Lipinski definition) is 1. The molecule has 0 amide bonds. The topological polar surface area (TPSA) is 35.2 Å². The maximum atomic E-state index is 5.65. The maximum Gasteiger partial charge on any atom is 0.129 e.